The summed E-state index contributed by atoms with van der Waals surface area (Å²) in [5.74, 6) is -3.92. The third kappa shape index (κ3) is 10.3. The molecule has 51 heavy (non-hydrogen) atoms. The van der Waals surface area contributed by atoms with Crippen LogP contribution < -0.4 is 5.32 Å². The summed E-state index contributed by atoms with van der Waals surface area (Å²) in [5.41, 5.74) is 2.24. The maximum atomic E-state index is 13.5. The molecule has 2 N–H and O–H groups in total. The van der Waals surface area contributed by atoms with Crippen molar-refractivity contribution in [1.82, 2.24) is 5.32 Å². The van der Waals surface area contributed by atoms with E-state index in [1.165, 1.54) is 30.3 Å². The molecule has 11 nitrogen and oxygen atoms in total. The van der Waals surface area contributed by atoms with Crippen molar-refractivity contribution in [2.24, 2.45) is 0 Å². The number of hydrogen-bond donors (Lipinski definition) is 2. The Morgan fingerprint density at radius 1 is 1.02 bits per heavy atom. The number of aliphatic hydroxyl groups is 1. The van der Waals surface area contributed by atoms with Crippen LogP contribution in [0.5, 0.6) is 0 Å². The van der Waals surface area contributed by atoms with Gasteiger partial charge in [0.2, 0.25) is 5.91 Å². The molecule has 0 aromatic heterocycles. The fourth-order valence-electron chi connectivity index (χ4n) is 6.14. The van der Waals surface area contributed by atoms with Crippen LogP contribution in [-0.2, 0) is 50.9 Å². The molecule has 1 amide bonds. The van der Waals surface area contributed by atoms with Gasteiger partial charge in [0.05, 0.1) is 18.2 Å². The molecule has 1 fully saturated rings. The molecule has 5 rings (SSSR count). The minimum absolute atomic E-state index is 0.0243. The van der Waals surface area contributed by atoms with Crippen molar-refractivity contribution in [3.05, 3.63) is 88.5 Å². The van der Waals surface area contributed by atoms with Gasteiger partial charge in [0.1, 0.15) is 23.9 Å². The van der Waals surface area contributed by atoms with Crippen LogP contribution in [0.4, 0.5) is 13.2 Å². The highest BCUT2D eigenvalue weighted by atomic mass is 19.4. The van der Waals surface area contributed by atoms with Gasteiger partial charge in [-0.2, -0.15) is 13.2 Å². The summed E-state index contributed by atoms with van der Waals surface area (Å²) in [4.78, 5) is 50.7. The van der Waals surface area contributed by atoms with Gasteiger partial charge in [0.15, 0.2) is 12.4 Å². The first-order valence-corrected chi connectivity index (χ1v) is 16.5. The average Bonchev–Trinajstić information content (AvgIpc) is 3.61. The molecular formula is C37H40F3NO10. The monoisotopic (exact) mass is 715 g/mol. The fraction of sp³-hybridized carbons (Fsp3) is 0.459. The Morgan fingerprint density at radius 2 is 1.69 bits per heavy atom. The van der Waals surface area contributed by atoms with Gasteiger partial charge in [0.25, 0.3) is 0 Å². The van der Waals surface area contributed by atoms with Crippen molar-refractivity contribution < 1.29 is 61.1 Å². The van der Waals surface area contributed by atoms with E-state index in [0.29, 0.717) is 18.4 Å². The van der Waals surface area contributed by atoms with E-state index in [-0.39, 0.29) is 30.4 Å². The van der Waals surface area contributed by atoms with Gasteiger partial charge in [-0.05, 0) is 68.2 Å². The molecular weight excluding hydrogens is 675 g/mol. The van der Waals surface area contributed by atoms with Crippen molar-refractivity contribution in [2.45, 2.75) is 94.8 Å². The summed E-state index contributed by atoms with van der Waals surface area (Å²) in [5, 5.41) is 12.7. The number of carbonyl (C=O) groups excluding carboxylic acids is 4. The van der Waals surface area contributed by atoms with E-state index in [1.54, 1.807) is 26.8 Å². The van der Waals surface area contributed by atoms with Gasteiger partial charge in [-0.1, -0.05) is 36.4 Å². The Balaban J connectivity index is 1.28. The van der Waals surface area contributed by atoms with Gasteiger partial charge >= 0.3 is 24.1 Å². The first kappa shape index (κ1) is 37.7. The van der Waals surface area contributed by atoms with Crippen LogP contribution in [0.25, 0.3) is 6.08 Å². The van der Waals surface area contributed by atoms with Crippen LogP contribution >= 0.6 is 0 Å². The van der Waals surface area contributed by atoms with Gasteiger partial charge in [-0.15, -0.1) is 0 Å². The summed E-state index contributed by atoms with van der Waals surface area (Å²) in [6.45, 7) is 3.10. The Labute approximate surface area is 292 Å². The number of alkyl halides is 3. The molecule has 2 aromatic rings. The molecule has 4 atom stereocenters. The SMILES string of the molecule is CC(C)(C)OC(=O)CC[C@@H](CO)NC(=O)C1=C[C@H]2OC3(Cc4ccccc4C3)O[C@H]2[C@H](OC(=O)c2ccc(C=CC(=O)OCC(F)(F)F)cc2)C1. The van der Waals surface area contributed by atoms with E-state index in [9.17, 15) is 37.5 Å². The summed E-state index contributed by atoms with van der Waals surface area (Å²) < 4.78 is 65.2. The summed E-state index contributed by atoms with van der Waals surface area (Å²) in [6.07, 6.45) is -2.36. The van der Waals surface area contributed by atoms with Gasteiger partial charge in [-0.25, -0.2) is 9.59 Å². The van der Waals surface area contributed by atoms with Crippen molar-refractivity contribution in [1.29, 1.82) is 0 Å². The molecule has 1 saturated heterocycles. The predicted octanol–water partition coefficient (Wildman–Crippen LogP) is 4.54. The number of rotatable bonds is 11. The standard InChI is InChI=1S/C37H40F3NO10/c1-35(2,3)50-31(44)15-13-27(20-42)41-33(45)26-16-28(32-29(17-26)49-36(51-32)18-24-6-4-5-7-25(24)19-36)48-34(46)23-11-8-22(9-12-23)10-14-30(43)47-21-37(38,39)40/h4-12,14,17,27-29,32,42H,13,15-16,18-21H2,1-3H3,(H,41,45)/t27-,28+,29+,32-/m0/s1. The minimum Gasteiger partial charge on any atom is -0.460 e. The number of fused-ring (bicyclic) bond motifs is 2. The van der Waals surface area contributed by atoms with E-state index in [2.05, 4.69) is 10.1 Å². The highest BCUT2D eigenvalue weighted by Crippen LogP contribution is 2.45. The van der Waals surface area contributed by atoms with Crippen LogP contribution in [0, 0.1) is 0 Å². The summed E-state index contributed by atoms with van der Waals surface area (Å²) >= 11 is 0. The van der Waals surface area contributed by atoms with Crippen molar-refractivity contribution >= 4 is 29.9 Å². The zero-order valence-corrected chi connectivity index (χ0v) is 28.4. The molecule has 14 heteroatoms. The van der Waals surface area contributed by atoms with E-state index in [1.807, 2.05) is 24.3 Å². The number of benzene rings is 2. The second-order valence-corrected chi connectivity index (χ2v) is 13.7. The van der Waals surface area contributed by atoms with E-state index >= 15 is 0 Å². The van der Waals surface area contributed by atoms with Crippen molar-refractivity contribution in [2.75, 3.05) is 13.2 Å². The van der Waals surface area contributed by atoms with E-state index < -0.39 is 78.9 Å². The van der Waals surface area contributed by atoms with Gasteiger partial charge < -0.3 is 34.1 Å². The van der Waals surface area contributed by atoms with Crippen molar-refractivity contribution in [3.63, 3.8) is 0 Å². The lowest BCUT2D eigenvalue weighted by molar-refractivity contribution is -0.182. The van der Waals surface area contributed by atoms with Crippen LogP contribution in [0.1, 0.15) is 67.1 Å². The number of carbonyl (C=O) groups is 4. The minimum atomic E-state index is -4.65. The number of hydrogen-bond acceptors (Lipinski definition) is 10. The highest BCUT2D eigenvalue weighted by Gasteiger charge is 2.55. The molecule has 274 valence electrons. The molecule has 0 unspecified atom stereocenters. The van der Waals surface area contributed by atoms with Gasteiger partial charge in [0, 0.05) is 37.3 Å². The largest absolute Gasteiger partial charge is 0.460 e. The Bertz CT molecular complexity index is 1650. The summed E-state index contributed by atoms with van der Waals surface area (Å²) in [7, 11) is 0. The smallest absolute Gasteiger partial charge is 0.422 e. The van der Waals surface area contributed by atoms with Crippen LogP contribution in [0.15, 0.2) is 66.3 Å². The number of ether oxygens (including phenoxy) is 5. The lowest BCUT2D eigenvalue weighted by Gasteiger charge is -2.31. The van der Waals surface area contributed by atoms with E-state index in [0.717, 1.165) is 17.2 Å². The normalized spacial score (nSPS) is 21.4. The Kier molecular flexibility index (Phi) is 11.4. The number of aliphatic hydroxyl groups excluding tert-OH is 1. The zero-order chi connectivity index (χ0) is 37.0. The fourth-order valence-corrected chi connectivity index (χ4v) is 6.14. The second kappa shape index (κ2) is 15.4. The number of amides is 1. The number of halogens is 3. The first-order chi connectivity index (χ1) is 24.0. The van der Waals surface area contributed by atoms with Crippen LogP contribution in [0.3, 0.4) is 0 Å². The highest BCUT2D eigenvalue weighted by molar-refractivity contribution is 5.94. The van der Waals surface area contributed by atoms with Crippen molar-refractivity contribution in [3.8, 4) is 0 Å². The number of esters is 3. The molecule has 0 radical (unpaired) electrons. The first-order valence-electron chi connectivity index (χ1n) is 16.5. The maximum Gasteiger partial charge on any atom is 0.422 e. The van der Waals surface area contributed by atoms with Crippen LogP contribution in [-0.4, -0.2) is 84.1 Å². The Morgan fingerprint density at radius 3 is 2.29 bits per heavy atom. The van der Waals surface area contributed by atoms with Gasteiger partial charge in [-0.3, -0.25) is 9.59 Å². The molecule has 3 aliphatic rings. The molecule has 0 saturated carbocycles. The lowest BCUT2D eigenvalue weighted by Crippen LogP contribution is -2.45. The topological polar surface area (TPSA) is 147 Å². The predicted molar refractivity (Wildman–Crippen MR) is 175 cm³/mol. The summed E-state index contributed by atoms with van der Waals surface area (Å²) in [6, 6.07) is 12.9. The lowest BCUT2D eigenvalue weighted by atomic mass is 9.91. The Hall–Kier alpha value is -4.53. The molecule has 1 aliphatic heterocycles. The maximum absolute atomic E-state index is 13.5. The van der Waals surface area contributed by atoms with Crippen LogP contribution in [0.2, 0.25) is 0 Å². The molecule has 2 aromatic carbocycles. The molecule has 0 bridgehead atoms. The zero-order valence-electron chi connectivity index (χ0n) is 28.4. The quantitative estimate of drug-likeness (QED) is 0.193. The van der Waals surface area contributed by atoms with E-state index in [4.69, 9.17) is 18.9 Å². The second-order valence-electron chi connectivity index (χ2n) is 13.7. The average molecular weight is 716 g/mol. The molecule has 1 spiro atoms. The number of nitrogens with one attached hydrogen (secondary N) is 1. The molecule has 2 aliphatic carbocycles. The third-order valence-electron chi connectivity index (χ3n) is 8.38. The molecule has 1 heterocycles. The third-order valence-corrected chi connectivity index (χ3v) is 8.38.